The third kappa shape index (κ3) is 6.58. The minimum atomic E-state index is -3.44. The van der Waals surface area contributed by atoms with Gasteiger partial charge in [-0.3, -0.25) is 9.59 Å². The van der Waals surface area contributed by atoms with Crippen molar-refractivity contribution in [1.29, 1.82) is 0 Å². The van der Waals surface area contributed by atoms with E-state index in [0.717, 1.165) is 0 Å². The number of ether oxygens (including phenoxy) is 2. The fourth-order valence-electron chi connectivity index (χ4n) is 2.24. The molecular formula is C20H24N2O6S. The molecule has 2 aromatic carbocycles. The molecule has 0 aliphatic heterocycles. The van der Waals surface area contributed by atoms with Crippen LogP contribution in [0.3, 0.4) is 0 Å². The summed E-state index contributed by atoms with van der Waals surface area (Å²) in [5.41, 5.74) is 0.866. The van der Waals surface area contributed by atoms with E-state index in [1.807, 2.05) is 0 Å². The van der Waals surface area contributed by atoms with Crippen molar-refractivity contribution in [3.63, 3.8) is 0 Å². The topological polar surface area (TPSA) is 102 Å². The number of carbonyl (C=O) groups excluding carboxylic acids is 2. The molecule has 0 unspecified atom stereocenters. The number of hydrogen-bond acceptors (Lipinski definition) is 6. The smallest absolute Gasteiger partial charge is 0.259 e. The number of hydrogen-bond donors (Lipinski definition) is 1. The summed E-state index contributed by atoms with van der Waals surface area (Å²) >= 11 is 0. The van der Waals surface area contributed by atoms with E-state index in [0.29, 0.717) is 17.0 Å². The molecule has 156 valence electrons. The molecule has 0 heterocycles. The lowest BCUT2D eigenvalue weighted by atomic mass is 10.2. The lowest BCUT2D eigenvalue weighted by Crippen LogP contribution is -2.27. The Balaban J connectivity index is 1.97. The van der Waals surface area contributed by atoms with E-state index in [1.165, 1.54) is 36.3 Å². The number of rotatable bonds is 9. The first-order valence-electron chi connectivity index (χ1n) is 8.79. The van der Waals surface area contributed by atoms with E-state index >= 15 is 0 Å². The summed E-state index contributed by atoms with van der Waals surface area (Å²) in [7, 11) is 1.28. The van der Waals surface area contributed by atoms with Crippen molar-refractivity contribution in [2.75, 3.05) is 45.5 Å². The highest BCUT2D eigenvalue weighted by molar-refractivity contribution is 7.91. The molecule has 0 aliphatic rings. The van der Waals surface area contributed by atoms with Gasteiger partial charge in [-0.2, -0.15) is 0 Å². The average molecular weight is 420 g/mol. The quantitative estimate of drug-likeness (QED) is 0.664. The second-order valence-electron chi connectivity index (χ2n) is 6.39. The van der Waals surface area contributed by atoms with Crippen molar-refractivity contribution >= 4 is 27.3 Å². The molecule has 0 saturated heterocycles. The van der Waals surface area contributed by atoms with Gasteiger partial charge < -0.3 is 19.7 Å². The zero-order valence-electron chi connectivity index (χ0n) is 16.5. The average Bonchev–Trinajstić information content (AvgIpc) is 2.71. The number of amides is 2. The summed E-state index contributed by atoms with van der Waals surface area (Å²) in [5.74, 6) is -0.148. The minimum Gasteiger partial charge on any atom is -0.484 e. The first-order valence-corrected chi connectivity index (χ1v) is 10.4. The van der Waals surface area contributed by atoms with Crippen molar-refractivity contribution in [3.05, 3.63) is 54.1 Å². The number of likely N-dealkylation sites (N-methyl/N-ethyl adjacent to an activating group) is 1. The van der Waals surface area contributed by atoms with Crippen molar-refractivity contribution in [1.82, 2.24) is 4.90 Å². The van der Waals surface area contributed by atoms with Crippen molar-refractivity contribution in [3.8, 4) is 5.75 Å². The van der Waals surface area contributed by atoms with E-state index in [1.54, 1.807) is 38.4 Å². The first-order chi connectivity index (χ1) is 13.7. The molecule has 2 amide bonds. The second kappa shape index (κ2) is 10.0. The lowest BCUT2D eigenvalue weighted by molar-refractivity contribution is -0.130. The van der Waals surface area contributed by atoms with Gasteiger partial charge in [0.05, 0.1) is 17.3 Å². The Morgan fingerprint density at radius 2 is 1.62 bits per heavy atom. The van der Waals surface area contributed by atoms with E-state index < -0.39 is 9.84 Å². The third-order valence-electron chi connectivity index (χ3n) is 4.01. The van der Waals surface area contributed by atoms with Crippen LogP contribution in [0.1, 0.15) is 10.4 Å². The predicted molar refractivity (Wildman–Crippen MR) is 109 cm³/mol. The second-order valence-corrected chi connectivity index (χ2v) is 8.50. The highest BCUT2D eigenvalue weighted by atomic mass is 32.2. The molecule has 8 nitrogen and oxygen atoms in total. The number of carbonyl (C=O) groups is 2. The zero-order valence-corrected chi connectivity index (χ0v) is 17.4. The summed E-state index contributed by atoms with van der Waals surface area (Å²) in [5, 5.41) is 2.72. The number of benzene rings is 2. The van der Waals surface area contributed by atoms with Gasteiger partial charge >= 0.3 is 0 Å². The van der Waals surface area contributed by atoms with E-state index in [4.69, 9.17) is 9.47 Å². The fraction of sp³-hybridized carbons (Fsp3) is 0.300. The molecule has 0 bridgehead atoms. The SMILES string of the molecule is COCCS(=O)(=O)c1ccc(C(=O)Nc2ccc(OCC(=O)N(C)C)cc2)cc1. The van der Waals surface area contributed by atoms with Gasteiger partial charge in [0.25, 0.3) is 11.8 Å². The number of nitrogens with one attached hydrogen (secondary N) is 1. The Kier molecular flexibility index (Phi) is 7.74. The molecule has 0 saturated carbocycles. The van der Waals surface area contributed by atoms with Crippen LogP contribution in [0.5, 0.6) is 5.75 Å². The molecule has 0 atom stereocenters. The maximum Gasteiger partial charge on any atom is 0.259 e. The van der Waals surface area contributed by atoms with Crippen molar-refractivity contribution in [2.24, 2.45) is 0 Å². The molecule has 0 spiro atoms. The molecule has 0 aromatic heterocycles. The Morgan fingerprint density at radius 1 is 1.00 bits per heavy atom. The molecule has 2 aromatic rings. The molecule has 9 heteroatoms. The van der Waals surface area contributed by atoms with Crippen molar-refractivity contribution < 1.29 is 27.5 Å². The number of anilines is 1. The minimum absolute atomic E-state index is 0.0711. The van der Waals surface area contributed by atoms with Crippen LogP contribution in [0, 0.1) is 0 Å². The van der Waals surface area contributed by atoms with Crippen LogP contribution in [0.25, 0.3) is 0 Å². The number of nitrogens with zero attached hydrogens (tertiary/aromatic N) is 1. The van der Waals surface area contributed by atoms with Crippen LogP contribution in [0.2, 0.25) is 0 Å². The van der Waals surface area contributed by atoms with Gasteiger partial charge in [-0.25, -0.2) is 8.42 Å². The normalized spacial score (nSPS) is 11.0. The summed E-state index contributed by atoms with van der Waals surface area (Å²) in [6, 6.07) is 12.3. The molecule has 0 radical (unpaired) electrons. The number of methoxy groups -OCH3 is 1. The summed E-state index contributed by atoms with van der Waals surface area (Å²) in [4.78, 5) is 25.5. The first kappa shape index (κ1) is 22.4. The van der Waals surface area contributed by atoms with Crippen LogP contribution < -0.4 is 10.1 Å². The lowest BCUT2D eigenvalue weighted by Gasteiger charge is -2.12. The molecule has 29 heavy (non-hydrogen) atoms. The van der Waals surface area contributed by atoms with Crippen molar-refractivity contribution in [2.45, 2.75) is 4.90 Å². The van der Waals surface area contributed by atoms with Crippen LogP contribution in [-0.2, 0) is 19.4 Å². The standard InChI is InChI=1S/C20H24N2O6S/c1-22(2)19(23)14-28-17-8-6-16(7-9-17)21-20(24)15-4-10-18(11-5-15)29(25,26)13-12-27-3/h4-11H,12-14H2,1-3H3,(H,21,24). The van der Waals surface area contributed by atoms with E-state index in [2.05, 4.69) is 5.32 Å². The molecule has 0 fully saturated rings. The van der Waals surface area contributed by atoms with Gasteiger partial charge in [0.2, 0.25) is 0 Å². The highest BCUT2D eigenvalue weighted by Gasteiger charge is 2.15. The molecular weight excluding hydrogens is 396 g/mol. The molecule has 0 aliphatic carbocycles. The largest absolute Gasteiger partial charge is 0.484 e. The van der Waals surface area contributed by atoms with Crippen LogP contribution in [-0.4, -0.2) is 65.3 Å². The van der Waals surface area contributed by atoms with Gasteiger partial charge in [-0.15, -0.1) is 0 Å². The van der Waals surface area contributed by atoms with Gasteiger partial charge in [0.1, 0.15) is 5.75 Å². The van der Waals surface area contributed by atoms with E-state index in [9.17, 15) is 18.0 Å². The van der Waals surface area contributed by atoms with Gasteiger partial charge in [0, 0.05) is 32.5 Å². The Hall–Kier alpha value is -2.91. The fourth-order valence-corrected chi connectivity index (χ4v) is 3.41. The third-order valence-corrected chi connectivity index (χ3v) is 5.70. The molecule has 1 N–H and O–H groups in total. The Labute approximate surface area is 170 Å². The van der Waals surface area contributed by atoms with Crippen LogP contribution >= 0.6 is 0 Å². The monoisotopic (exact) mass is 420 g/mol. The van der Waals surface area contributed by atoms with Gasteiger partial charge in [-0.1, -0.05) is 0 Å². The Bertz CT molecular complexity index is 938. The summed E-state index contributed by atoms with van der Waals surface area (Å²) in [6.45, 7) is 0.0337. The Morgan fingerprint density at radius 3 is 2.17 bits per heavy atom. The zero-order chi connectivity index (χ0) is 21.4. The maximum absolute atomic E-state index is 12.4. The predicted octanol–water partition coefficient (Wildman–Crippen LogP) is 1.83. The highest BCUT2D eigenvalue weighted by Crippen LogP contribution is 2.18. The van der Waals surface area contributed by atoms with Crippen LogP contribution in [0.15, 0.2) is 53.4 Å². The van der Waals surface area contributed by atoms with E-state index in [-0.39, 0.29) is 35.7 Å². The molecule has 2 rings (SSSR count). The van der Waals surface area contributed by atoms with Gasteiger partial charge in [-0.05, 0) is 48.5 Å². The maximum atomic E-state index is 12.4. The summed E-state index contributed by atoms with van der Waals surface area (Å²) in [6.07, 6.45) is 0. The van der Waals surface area contributed by atoms with Crippen LogP contribution in [0.4, 0.5) is 5.69 Å². The van der Waals surface area contributed by atoms with Gasteiger partial charge in [0.15, 0.2) is 16.4 Å². The summed E-state index contributed by atoms with van der Waals surface area (Å²) < 4.78 is 34.4. The number of sulfone groups is 1.